The van der Waals surface area contributed by atoms with Crippen molar-refractivity contribution in [2.75, 3.05) is 171 Å². The Hall–Kier alpha value is -0.480. The molecule has 4 saturated carbocycles. The van der Waals surface area contributed by atoms with Gasteiger partial charge in [-0.25, -0.2) is 0 Å². The van der Waals surface area contributed by atoms with E-state index in [1.165, 1.54) is 64.2 Å². The molecule has 0 aromatic carbocycles. The molecule has 6 aliphatic rings. The first kappa shape index (κ1) is 42.7. The molecule has 2 saturated heterocycles. The highest BCUT2D eigenvalue weighted by atomic mass is 16.6. The van der Waals surface area contributed by atoms with Crippen LogP contribution >= 0.6 is 0 Å². The fourth-order valence-electron chi connectivity index (χ4n) is 10.00. The van der Waals surface area contributed by atoms with Crippen LogP contribution in [0.3, 0.4) is 0 Å². The first-order chi connectivity index (χ1) is 25.7. The van der Waals surface area contributed by atoms with E-state index in [4.69, 9.17) is 47.4 Å². The molecule has 0 atom stereocenters. The molecule has 6 fully saturated rings. The van der Waals surface area contributed by atoms with Gasteiger partial charge in [-0.3, -0.25) is 9.80 Å². The van der Waals surface area contributed by atoms with Crippen LogP contribution in [0.5, 0.6) is 0 Å². The van der Waals surface area contributed by atoms with Crippen molar-refractivity contribution in [3.63, 3.8) is 0 Å². The van der Waals surface area contributed by atoms with Crippen molar-refractivity contribution in [1.29, 1.82) is 0 Å². The molecule has 0 aromatic rings. The Morgan fingerprint density at radius 1 is 0.346 bits per heavy atom. The van der Waals surface area contributed by atoms with Crippen LogP contribution in [-0.4, -0.2) is 181 Å². The minimum Gasteiger partial charge on any atom is -0.378 e. The summed E-state index contributed by atoms with van der Waals surface area (Å²) in [6.45, 7) is 18.6. The Labute approximate surface area is 315 Å². The van der Waals surface area contributed by atoms with Crippen LogP contribution in [0.2, 0.25) is 0 Å². The van der Waals surface area contributed by atoms with E-state index in [1.54, 1.807) is 0 Å². The van der Waals surface area contributed by atoms with Crippen LogP contribution < -0.4 is 0 Å². The summed E-state index contributed by atoms with van der Waals surface area (Å²) in [5.74, 6) is 1.87. The maximum atomic E-state index is 5.95. The number of hydrogen-bond acceptors (Lipinski definition) is 12. The number of rotatable bonds is 8. The van der Waals surface area contributed by atoms with E-state index in [1.807, 2.05) is 0 Å². The molecule has 304 valence electrons. The molecule has 12 nitrogen and oxygen atoms in total. The van der Waals surface area contributed by atoms with Crippen LogP contribution in [0.15, 0.2) is 0 Å². The highest BCUT2D eigenvalue weighted by molar-refractivity contribution is 5.07. The van der Waals surface area contributed by atoms with Crippen molar-refractivity contribution < 1.29 is 47.4 Å². The fourth-order valence-corrected chi connectivity index (χ4v) is 10.00. The molecule has 0 N–H and O–H groups in total. The third-order valence-electron chi connectivity index (χ3n) is 11.8. The molecular weight excluding hydrogens is 668 g/mol. The summed E-state index contributed by atoms with van der Waals surface area (Å²) in [6, 6.07) is 0. The van der Waals surface area contributed by atoms with Crippen molar-refractivity contribution in [2.45, 2.75) is 64.2 Å². The van der Waals surface area contributed by atoms with Crippen molar-refractivity contribution in [3.05, 3.63) is 0 Å². The van der Waals surface area contributed by atoms with Gasteiger partial charge in [-0.2, -0.15) is 0 Å². The van der Waals surface area contributed by atoms with E-state index >= 15 is 0 Å². The maximum Gasteiger partial charge on any atom is 0.0701 e. The topological polar surface area (TPSA) is 98.8 Å². The highest BCUT2D eigenvalue weighted by Crippen LogP contribution is 2.67. The lowest BCUT2D eigenvalue weighted by molar-refractivity contribution is -0.119. The molecule has 4 bridgehead atoms. The summed E-state index contributed by atoms with van der Waals surface area (Å²) in [5, 5.41) is 0. The normalized spacial score (nSPS) is 33.5. The standard InChI is InChI=1S/C40H74N2O10/c1(5-41-7-11-43-15-19-47-23-27-51-28-24-48-20-16-44-12-8-41)3-39-32-37-31-38(33-39)35-40(34-37,36-39)4-2-6-42-9-13-45-17-21-49-25-29-52-30-26-50-22-18-46-14-10-42/h37-38H,1-36H2. The second kappa shape index (κ2) is 25.6. The predicted molar refractivity (Wildman–Crippen MR) is 199 cm³/mol. The Bertz CT molecular complexity index is 786. The molecule has 0 aromatic heterocycles. The van der Waals surface area contributed by atoms with Crippen LogP contribution in [0, 0.1) is 22.7 Å². The summed E-state index contributed by atoms with van der Waals surface area (Å²) < 4.78 is 57.5. The zero-order chi connectivity index (χ0) is 35.8. The predicted octanol–water partition coefficient (Wildman–Crippen LogP) is 3.93. The van der Waals surface area contributed by atoms with Crippen molar-refractivity contribution in [1.82, 2.24) is 9.80 Å². The molecule has 6 rings (SSSR count). The molecular formula is C40H74N2O10. The van der Waals surface area contributed by atoms with Crippen molar-refractivity contribution in [2.24, 2.45) is 22.7 Å². The highest BCUT2D eigenvalue weighted by Gasteiger charge is 2.56. The van der Waals surface area contributed by atoms with Gasteiger partial charge in [0.25, 0.3) is 0 Å². The average Bonchev–Trinajstić information content (AvgIpc) is 3.12. The van der Waals surface area contributed by atoms with Gasteiger partial charge in [0.1, 0.15) is 0 Å². The van der Waals surface area contributed by atoms with E-state index < -0.39 is 0 Å². The number of ether oxygens (including phenoxy) is 10. The largest absolute Gasteiger partial charge is 0.378 e. The second-order valence-corrected chi connectivity index (χ2v) is 16.0. The van der Waals surface area contributed by atoms with Gasteiger partial charge < -0.3 is 47.4 Å². The van der Waals surface area contributed by atoms with Gasteiger partial charge in [-0.05, 0) is 100.0 Å². The first-order valence-electron chi connectivity index (χ1n) is 20.9. The Balaban J connectivity index is 1.05. The Morgan fingerprint density at radius 3 is 0.865 bits per heavy atom. The van der Waals surface area contributed by atoms with E-state index in [2.05, 4.69) is 9.80 Å². The molecule has 0 radical (unpaired) electrons. The zero-order valence-corrected chi connectivity index (χ0v) is 32.6. The molecule has 0 amide bonds. The number of hydrogen-bond donors (Lipinski definition) is 0. The Morgan fingerprint density at radius 2 is 0.596 bits per heavy atom. The van der Waals surface area contributed by atoms with E-state index in [0.29, 0.717) is 117 Å². The fraction of sp³-hybridized carbons (Fsp3) is 1.00. The minimum absolute atomic E-state index is 0.546. The van der Waals surface area contributed by atoms with Gasteiger partial charge in [0.05, 0.1) is 132 Å². The molecule has 2 heterocycles. The lowest BCUT2D eigenvalue weighted by Crippen LogP contribution is -2.52. The van der Waals surface area contributed by atoms with Gasteiger partial charge in [-0.15, -0.1) is 0 Å². The number of nitrogens with zero attached hydrogens (tertiary/aromatic N) is 2. The van der Waals surface area contributed by atoms with Crippen molar-refractivity contribution >= 4 is 0 Å². The van der Waals surface area contributed by atoms with E-state index in [9.17, 15) is 0 Å². The molecule has 12 heteroatoms. The van der Waals surface area contributed by atoms with Crippen LogP contribution in [0.25, 0.3) is 0 Å². The summed E-state index contributed by atoms with van der Waals surface area (Å²) in [4.78, 5) is 5.12. The summed E-state index contributed by atoms with van der Waals surface area (Å²) in [7, 11) is 0. The lowest BCUT2D eigenvalue weighted by atomic mass is 9.42. The monoisotopic (exact) mass is 743 g/mol. The van der Waals surface area contributed by atoms with E-state index in [0.717, 1.165) is 77.5 Å². The smallest absolute Gasteiger partial charge is 0.0701 e. The van der Waals surface area contributed by atoms with Crippen LogP contribution in [-0.2, 0) is 47.4 Å². The molecule has 0 spiro atoms. The SMILES string of the molecule is C(CN1CCOCCOCCOCCOCCOCC1)CC12CC3CC(C1)CC(CCCN1CCOCCOCCOCCOCCOCC1)(C3)C2. The van der Waals surface area contributed by atoms with Crippen LogP contribution in [0.4, 0.5) is 0 Å². The summed E-state index contributed by atoms with van der Waals surface area (Å²) >= 11 is 0. The van der Waals surface area contributed by atoms with E-state index in [-0.39, 0.29) is 0 Å². The quantitative estimate of drug-likeness (QED) is 0.361. The van der Waals surface area contributed by atoms with Gasteiger partial charge in [0.15, 0.2) is 0 Å². The second-order valence-electron chi connectivity index (χ2n) is 16.0. The van der Waals surface area contributed by atoms with Crippen LogP contribution in [0.1, 0.15) is 64.2 Å². The molecule has 2 aliphatic heterocycles. The lowest BCUT2D eigenvalue weighted by Gasteiger charge is -2.63. The third kappa shape index (κ3) is 16.7. The van der Waals surface area contributed by atoms with Gasteiger partial charge in [0.2, 0.25) is 0 Å². The zero-order valence-electron chi connectivity index (χ0n) is 32.6. The van der Waals surface area contributed by atoms with Gasteiger partial charge in [0, 0.05) is 26.2 Å². The van der Waals surface area contributed by atoms with Gasteiger partial charge in [-0.1, -0.05) is 0 Å². The van der Waals surface area contributed by atoms with Crippen molar-refractivity contribution in [3.8, 4) is 0 Å². The minimum atomic E-state index is 0.546. The van der Waals surface area contributed by atoms with Gasteiger partial charge >= 0.3 is 0 Å². The first-order valence-corrected chi connectivity index (χ1v) is 20.9. The Kier molecular flexibility index (Phi) is 21.0. The average molecular weight is 743 g/mol. The molecule has 52 heavy (non-hydrogen) atoms. The maximum absolute atomic E-state index is 5.95. The summed E-state index contributed by atoms with van der Waals surface area (Å²) in [5.41, 5.74) is 1.09. The molecule has 0 unspecified atom stereocenters. The third-order valence-corrected chi connectivity index (χ3v) is 11.8. The summed E-state index contributed by atoms with van der Waals surface area (Å²) in [6.07, 6.45) is 14.0. The molecule has 4 aliphatic carbocycles.